The third-order valence-corrected chi connectivity index (χ3v) is 2.67. The lowest BCUT2D eigenvalue weighted by atomic mass is 10.2. The third-order valence-electron chi connectivity index (χ3n) is 2.44. The second kappa shape index (κ2) is 7.14. The van der Waals surface area contributed by atoms with Crippen molar-refractivity contribution in [1.82, 2.24) is 0 Å². The summed E-state index contributed by atoms with van der Waals surface area (Å²) in [7, 11) is 1.89. The van der Waals surface area contributed by atoms with E-state index in [2.05, 4.69) is 5.32 Å². The molecular formula is C14H15Cl2NO. The molecule has 0 fully saturated rings. The summed E-state index contributed by atoms with van der Waals surface area (Å²) in [5.41, 5.74) is 2.13. The standard InChI is InChI=1S/C14H14ClNO.ClH/c1-16-13-5-7-14(8-6-13)17-10-11-3-2-4-12(15)9-11;/h2-9,16H,10H2,1H3;1H. The van der Waals surface area contributed by atoms with Crippen molar-refractivity contribution in [3.8, 4) is 5.75 Å². The normalized spacial score (nSPS) is 9.44. The maximum atomic E-state index is 5.90. The first-order chi connectivity index (χ1) is 8.28. The number of anilines is 1. The lowest BCUT2D eigenvalue weighted by Crippen LogP contribution is -1.95. The highest BCUT2D eigenvalue weighted by molar-refractivity contribution is 6.30. The van der Waals surface area contributed by atoms with Gasteiger partial charge in [-0.1, -0.05) is 23.7 Å². The molecule has 0 saturated carbocycles. The zero-order chi connectivity index (χ0) is 12.1. The second-order valence-corrected chi connectivity index (χ2v) is 4.13. The van der Waals surface area contributed by atoms with Crippen LogP contribution >= 0.6 is 24.0 Å². The Kier molecular flexibility index (Phi) is 5.83. The van der Waals surface area contributed by atoms with E-state index in [0.29, 0.717) is 6.61 Å². The molecule has 96 valence electrons. The molecule has 4 heteroatoms. The maximum absolute atomic E-state index is 5.90. The highest BCUT2D eigenvalue weighted by Gasteiger charge is 1.97. The molecular weight excluding hydrogens is 269 g/mol. The van der Waals surface area contributed by atoms with E-state index in [4.69, 9.17) is 16.3 Å². The molecule has 0 aliphatic carbocycles. The zero-order valence-corrected chi connectivity index (χ0v) is 11.6. The zero-order valence-electron chi connectivity index (χ0n) is 10.0. The van der Waals surface area contributed by atoms with Gasteiger partial charge in [-0.05, 0) is 42.0 Å². The summed E-state index contributed by atoms with van der Waals surface area (Å²) in [4.78, 5) is 0. The van der Waals surface area contributed by atoms with Crippen LogP contribution in [0.3, 0.4) is 0 Å². The molecule has 0 amide bonds. The van der Waals surface area contributed by atoms with E-state index in [0.717, 1.165) is 22.0 Å². The molecule has 2 rings (SSSR count). The summed E-state index contributed by atoms with van der Waals surface area (Å²) >= 11 is 5.90. The average Bonchev–Trinajstić information content (AvgIpc) is 2.37. The lowest BCUT2D eigenvalue weighted by Gasteiger charge is -2.07. The van der Waals surface area contributed by atoms with Crippen LogP contribution in [0.4, 0.5) is 5.69 Å². The SMILES string of the molecule is CNc1ccc(OCc2cccc(Cl)c2)cc1.Cl. The summed E-state index contributed by atoms with van der Waals surface area (Å²) in [6.45, 7) is 0.527. The molecule has 0 heterocycles. The molecule has 0 aliphatic heterocycles. The first-order valence-electron chi connectivity index (χ1n) is 5.43. The number of hydrogen-bond acceptors (Lipinski definition) is 2. The molecule has 18 heavy (non-hydrogen) atoms. The van der Waals surface area contributed by atoms with Crippen molar-refractivity contribution in [2.45, 2.75) is 6.61 Å². The van der Waals surface area contributed by atoms with Crippen molar-refractivity contribution in [3.05, 3.63) is 59.1 Å². The van der Waals surface area contributed by atoms with Crippen LogP contribution < -0.4 is 10.1 Å². The van der Waals surface area contributed by atoms with Gasteiger partial charge in [0.1, 0.15) is 12.4 Å². The van der Waals surface area contributed by atoms with Gasteiger partial charge in [-0.3, -0.25) is 0 Å². The van der Waals surface area contributed by atoms with Gasteiger partial charge in [-0.2, -0.15) is 0 Å². The van der Waals surface area contributed by atoms with Crippen molar-refractivity contribution in [3.63, 3.8) is 0 Å². The minimum Gasteiger partial charge on any atom is -0.489 e. The average molecular weight is 284 g/mol. The maximum Gasteiger partial charge on any atom is 0.119 e. The highest BCUT2D eigenvalue weighted by Crippen LogP contribution is 2.17. The first kappa shape index (κ1) is 14.7. The molecule has 1 N–H and O–H groups in total. The fourth-order valence-corrected chi connectivity index (χ4v) is 1.72. The quantitative estimate of drug-likeness (QED) is 0.899. The molecule has 0 saturated heterocycles. The van der Waals surface area contributed by atoms with Crippen LogP contribution in [0.25, 0.3) is 0 Å². The van der Waals surface area contributed by atoms with E-state index >= 15 is 0 Å². The topological polar surface area (TPSA) is 21.3 Å². The Hall–Kier alpha value is -1.38. The fourth-order valence-electron chi connectivity index (χ4n) is 1.51. The van der Waals surface area contributed by atoms with Crippen LogP contribution in [0.15, 0.2) is 48.5 Å². The summed E-state index contributed by atoms with van der Waals surface area (Å²) in [6.07, 6.45) is 0. The van der Waals surface area contributed by atoms with Gasteiger partial charge in [0.15, 0.2) is 0 Å². The van der Waals surface area contributed by atoms with Gasteiger partial charge in [0.2, 0.25) is 0 Å². The molecule has 0 aliphatic rings. The smallest absolute Gasteiger partial charge is 0.119 e. The molecule has 0 radical (unpaired) electrons. The molecule has 2 nitrogen and oxygen atoms in total. The lowest BCUT2D eigenvalue weighted by molar-refractivity contribution is 0.306. The van der Waals surface area contributed by atoms with Crippen LogP contribution in [0, 0.1) is 0 Å². The Bertz CT molecular complexity index is 485. The van der Waals surface area contributed by atoms with E-state index in [1.54, 1.807) is 0 Å². The Morgan fingerprint density at radius 1 is 1.11 bits per heavy atom. The van der Waals surface area contributed by atoms with Gasteiger partial charge in [0, 0.05) is 17.8 Å². The van der Waals surface area contributed by atoms with E-state index < -0.39 is 0 Å². The summed E-state index contributed by atoms with van der Waals surface area (Å²) in [6, 6.07) is 15.5. The predicted octanol–water partition coefficient (Wildman–Crippen LogP) is 4.38. The summed E-state index contributed by atoms with van der Waals surface area (Å²) in [5, 5.41) is 3.80. The van der Waals surface area contributed by atoms with Crippen molar-refractivity contribution < 1.29 is 4.74 Å². The molecule has 2 aromatic carbocycles. The Morgan fingerprint density at radius 3 is 2.44 bits per heavy atom. The van der Waals surface area contributed by atoms with Crippen LogP contribution in [-0.2, 0) is 6.61 Å². The minimum atomic E-state index is 0. The van der Waals surface area contributed by atoms with Crippen molar-refractivity contribution in [1.29, 1.82) is 0 Å². The van der Waals surface area contributed by atoms with Gasteiger partial charge in [-0.15, -0.1) is 12.4 Å². The molecule has 2 aromatic rings. The number of ether oxygens (including phenoxy) is 1. The summed E-state index contributed by atoms with van der Waals surface area (Å²) < 4.78 is 5.66. The van der Waals surface area contributed by atoms with Crippen LogP contribution in [0.5, 0.6) is 5.75 Å². The van der Waals surface area contributed by atoms with Crippen LogP contribution in [0.1, 0.15) is 5.56 Å². The van der Waals surface area contributed by atoms with Gasteiger partial charge in [0.05, 0.1) is 0 Å². The van der Waals surface area contributed by atoms with E-state index in [1.165, 1.54) is 0 Å². The van der Waals surface area contributed by atoms with Crippen LogP contribution in [-0.4, -0.2) is 7.05 Å². The highest BCUT2D eigenvalue weighted by atomic mass is 35.5. The predicted molar refractivity (Wildman–Crippen MR) is 79.0 cm³/mol. The number of halogens is 2. The molecule has 0 spiro atoms. The van der Waals surface area contributed by atoms with Crippen LogP contribution in [0.2, 0.25) is 5.02 Å². The molecule has 0 unspecified atom stereocenters. The minimum absolute atomic E-state index is 0. The van der Waals surface area contributed by atoms with Gasteiger partial charge in [0.25, 0.3) is 0 Å². The Morgan fingerprint density at radius 2 is 1.83 bits per heavy atom. The molecule has 0 atom stereocenters. The van der Waals surface area contributed by atoms with E-state index in [-0.39, 0.29) is 12.4 Å². The van der Waals surface area contributed by atoms with E-state index in [1.807, 2.05) is 55.6 Å². The van der Waals surface area contributed by atoms with E-state index in [9.17, 15) is 0 Å². The van der Waals surface area contributed by atoms with Gasteiger partial charge < -0.3 is 10.1 Å². The fraction of sp³-hybridized carbons (Fsp3) is 0.143. The van der Waals surface area contributed by atoms with Crippen molar-refractivity contribution >= 4 is 29.7 Å². The third kappa shape index (κ3) is 4.13. The van der Waals surface area contributed by atoms with Gasteiger partial charge >= 0.3 is 0 Å². The monoisotopic (exact) mass is 283 g/mol. The Labute approximate surface area is 118 Å². The number of hydrogen-bond donors (Lipinski definition) is 1. The van der Waals surface area contributed by atoms with Gasteiger partial charge in [-0.25, -0.2) is 0 Å². The van der Waals surface area contributed by atoms with Crippen molar-refractivity contribution in [2.24, 2.45) is 0 Å². The molecule has 0 bridgehead atoms. The first-order valence-corrected chi connectivity index (χ1v) is 5.81. The number of rotatable bonds is 4. The molecule has 0 aromatic heterocycles. The number of nitrogens with one attached hydrogen (secondary N) is 1. The summed E-state index contributed by atoms with van der Waals surface area (Å²) in [5.74, 6) is 0.851. The number of benzene rings is 2. The van der Waals surface area contributed by atoms with Crippen molar-refractivity contribution in [2.75, 3.05) is 12.4 Å². The second-order valence-electron chi connectivity index (χ2n) is 3.69. The Balaban J connectivity index is 0.00000162. The largest absolute Gasteiger partial charge is 0.489 e.